The van der Waals surface area contributed by atoms with Gasteiger partial charge in [0.1, 0.15) is 0 Å². The molecule has 0 unspecified atom stereocenters. The molecule has 63 heavy (non-hydrogen) atoms. The van der Waals surface area contributed by atoms with E-state index in [2.05, 4.69) is 240 Å². The lowest BCUT2D eigenvalue weighted by molar-refractivity contribution is 1.19. The minimum absolute atomic E-state index is 1.10. The van der Waals surface area contributed by atoms with Crippen LogP contribution in [0.3, 0.4) is 0 Å². The predicted molar refractivity (Wildman–Crippen MR) is 272 cm³/mol. The number of fused-ring (bicyclic) bond motifs is 11. The smallest absolute Gasteiger partial charge is 0.0619 e. The average Bonchev–Trinajstić information content (AvgIpc) is 3.91. The van der Waals surface area contributed by atoms with E-state index < -0.39 is 0 Å². The third-order valence-corrected chi connectivity index (χ3v) is 14.1. The van der Waals surface area contributed by atoms with Crippen molar-refractivity contribution in [3.8, 4) is 27.9 Å². The summed E-state index contributed by atoms with van der Waals surface area (Å²) in [6.07, 6.45) is 0. The van der Waals surface area contributed by atoms with Crippen LogP contribution in [0.4, 0.5) is 17.1 Å². The maximum absolute atomic E-state index is 2.45. The van der Waals surface area contributed by atoms with E-state index in [1.54, 1.807) is 0 Å². The van der Waals surface area contributed by atoms with Gasteiger partial charge in [-0.15, -0.1) is 11.3 Å². The zero-order valence-corrected chi connectivity index (χ0v) is 35.1. The molecule has 0 bridgehead atoms. The average molecular weight is 819 g/mol. The summed E-state index contributed by atoms with van der Waals surface area (Å²) in [4.78, 5) is 2.44. The number of para-hydroxylation sites is 1. The highest BCUT2D eigenvalue weighted by molar-refractivity contribution is 7.25. The Kier molecular flexibility index (Phi) is 8.12. The van der Waals surface area contributed by atoms with Crippen LogP contribution < -0.4 is 4.90 Å². The van der Waals surface area contributed by atoms with Gasteiger partial charge in [0.25, 0.3) is 0 Å². The Morgan fingerprint density at radius 3 is 1.75 bits per heavy atom. The molecule has 0 aliphatic carbocycles. The molecule has 2 aromatic heterocycles. The van der Waals surface area contributed by atoms with Crippen molar-refractivity contribution in [3.63, 3.8) is 0 Å². The van der Waals surface area contributed by atoms with Gasteiger partial charge in [0, 0.05) is 58.8 Å². The van der Waals surface area contributed by atoms with Crippen LogP contribution in [0.5, 0.6) is 0 Å². The van der Waals surface area contributed by atoms with Crippen molar-refractivity contribution in [2.75, 3.05) is 4.90 Å². The van der Waals surface area contributed by atoms with Crippen molar-refractivity contribution in [2.45, 2.75) is 0 Å². The van der Waals surface area contributed by atoms with Crippen LogP contribution in [0, 0.1) is 0 Å². The van der Waals surface area contributed by atoms with Gasteiger partial charge in [-0.2, -0.15) is 0 Å². The molecule has 0 N–H and O–H groups in total. The number of thiophene rings is 1. The summed E-state index contributed by atoms with van der Waals surface area (Å²) in [7, 11) is 0. The number of aromatic nitrogens is 1. The summed E-state index contributed by atoms with van der Waals surface area (Å²) in [6.45, 7) is 0. The second-order valence-electron chi connectivity index (χ2n) is 16.5. The summed E-state index contributed by atoms with van der Waals surface area (Å²) in [5.41, 5.74) is 11.8. The van der Waals surface area contributed by atoms with Crippen LogP contribution in [0.25, 0.3) is 102 Å². The number of hydrogen-bond donors (Lipinski definition) is 0. The second-order valence-corrected chi connectivity index (χ2v) is 17.5. The molecule has 2 heterocycles. The first-order valence-electron chi connectivity index (χ1n) is 21.6. The minimum atomic E-state index is 1.10. The molecular weight excluding hydrogens is 781 g/mol. The highest BCUT2D eigenvalue weighted by atomic mass is 32.1. The van der Waals surface area contributed by atoms with E-state index in [-0.39, 0.29) is 0 Å². The third-order valence-electron chi connectivity index (χ3n) is 13.0. The van der Waals surface area contributed by atoms with Gasteiger partial charge in [0.05, 0.1) is 16.7 Å². The second kappa shape index (κ2) is 14.3. The molecule has 0 saturated heterocycles. The monoisotopic (exact) mass is 818 g/mol. The molecule has 0 fully saturated rings. The Morgan fingerprint density at radius 1 is 0.349 bits per heavy atom. The first-order valence-corrected chi connectivity index (χ1v) is 22.4. The molecule has 3 heteroatoms. The lowest BCUT2D eigenvalue weighted by atomic mass is 9.97. The van der Waals surface area contributed by atoms with Crippen LogP contribution in [0.1, 0.15) is 0 Å². The van der Waals surface area contributed by atoms with Gasteiger partial charge < -0.3 is 9.47 Å². The molecular formula is C60H38N2S. The van der Waals surface area contributed by atoms with Crippen LogP contribution >= 0.6 is 11.3 Å². The van der Waals surface area contributed by atoms with Gasteiger partial charge in [0.2, 0.25) is 0 Å². The Bertz CT molecular complexity index is 3900. The number of nitrogens with zero attached hydrogens (tertiary/aromatic N) is 2. The normalized spacial score (nSPS) is 11.8. The Labute approximate surface area is 368 Å². The predicted octanol–water partition coefficient (Wildman–Crippen LogP) is 17.4. The standard InChI is InChI=1S/C60H38N2S/c1-2-15-44(16-3-1)62-56-37-42(30-35-52(56)53-36-29-40-13-4-7-18-49(40)60(53)62)39-25-31-45(32-26-39)61(55-38-43-14-5-6-17-47(43)50-19-8-9-20-51(50)55)46-33-27-41(28-34-46)48-22-12-24-58-59(48)54-21-10-11-23-57(54)63-58/h1-38H. The van der Waals surface area contributed by atoms with Crippen LogP contribution in [-0.4, -0.2) is 4.57 Å². The number of rotatable bonds is 6. The number of anilines is 3. The zero-order chi connectivity index (χ0) is 41.4. The summed E-state index contributed by atoms with van der Waals surface area (Å²) in [5, 5.41) is 12.6. The van der Waals surface area contributed by atoms with Crippen molar-refractivity contribution >= 4 is 103 Å². The highest BCUT2D eigenvalue weighted by Gasteiger charge is 2.20. The van der Waals surface area contributed by atoms with Crippen molar-refractivity contribution in [3.05, 3.63) is 231 Å². The van der Waals surface area contributed by atoms with Crippen molar-refractivity contribution in [2.24, 2.45) is 0 Å². The Hall–Kier alpha value is -7.98. The maximum Gasteiger partial charge on any atom is 0.0619 e. The molecule has 0 atom stereocenters. The van der Waals surface area contributed by atoms with Gasteiger partial charge in [-0.25, -0.2) is 0 Å². The molecule has 0 aliphatic rings. The molecule has 2 nitrogen and oxygen atoms in total. The van der Waals surface area contributed by atoms with Gasteiger partial charge in [-0.05, 0) is 104 Å². The van der Waals surface area contributed by atoms with Crippen molar-refractivity contribution < 1.29 is 0 Å². The summed E-state index contributed by atoms with van der Waals surface area (Å²) >= 11 is 1.87. The summed E-state index contributed by atoms with van der Waals surface area (Å²) in [5.74, 6) is 0. The van der Waals surface area contributed by atoms with E-state index in [4.69, 9.17) is 0 Å². The lowest BCUT2D eigenvalue weighted by Crippen LogP contribution is -2.10. The molecule has 13 rings (SSSR count). The summed E-state index contributed by atoms with van der Waals surface area (Å²) < 4.78 is 5.08. The molecule has 294 valence electrons. The van der Waals surface area contributed by atoms with Gasteiger partial charge in [0.15, 0.2) is 0 Å². The Balaban J connectivity index is 0.966. The first-order chi connectivity index (χ1) is 31.2. The van der Waals surface area contributed by atoms with E-state index >= 15 is 0 Å². The van der Waals surface area contributed by atoms with Crippen LogP contribution in [0.15, 0.2) is 231 Å². The lowest BCUT2D eigenvalue weighted by Gasteiger charge is -2.28. The largest absolute Gasteiger partial charge is 0.310 e. The van der Waals surface area contributed by atoms with E-state index in [0.29, 0.717) is 0 Å². The van der Waals surface area contributed by atoms with E-state index in [9.17, 15) is 0 Å². The number of hydrogen-bond acceptors (Lipinski definition) is 2. The van der Waals surface area contributed by atoms with Crippen LogP contribution in [0.2, 0.25) is 0 Å². The zero-order valence-electron chi connectivity index (χ0n) is 34.2. The minimum Gasteiger partial charge on any atom is -0.310 e. The summed E-state index contributed by atoms with van der Waals surface area (Å²) in [6, 6.07) is 84.7. The Morgan fingerprint density at radius 2 is 0.952 bits per heavy atom. The molecule has 0 spiro atoms. The molecule has 0 amide bonds. The number of benzene rings is 11. The molecule has 13 aromatic rings. The molecule has 11 aromatic carbocycles. The fraction of sp³-hybridized carbons (Fsp3) is 0. The van der Waals surface area contributed by atoms with Crippen molar-refractivity contribution in [1.29, 1.82) is 0 Å². The SMILES string of the molecule is c1ccc(-n2c3cc(-c4ccc(N(c5ccc(-c6cccc7sc8ccccc8c67)cc5)c5cc6ccccc6c6ccccc56)cc4)ccc3c3ccc4ccccc4c32)cc1. The van der Waals surface area contributed by atoms with Gasteiger partial charge in [-0.1, -0.05) is 170 Å². The highest BCUT2D eigenvalue weighted by Crippen LogP contribution is 2.45. The third kappa shape index (κ3) is 5.71. The molecule has 0 aliphatic heterocycles. The van der Waals surface area contributed by atoms with Gasteiger partial charge in [-0.3, -0.25) is 0 Å². The first kappa shape index (κ1) is 35.7. The van der Waals surface area contributed by atoms with E-state index in [1.165, 1.54) is 96.5 Å². The fourth-order valence-electron chi connectivity index (χ4n) is 10.1. The van der Waals surface area contributed by atoms with E-state index in [1.807, 2.05) is 11.3 Å². The van der Waals surface area contributed by atoms with Crippen LogP contribution in [-0.2, 0) is 0 Å². The molecule has 0 saturated carbocycles. The molecule has 0 radical (unpaired) electrons. The van der Waals surface area contributed by atoms with Gasteiger partial charge >= 0.3 is 0 Å². The topological polar surface area (TPSA) is 8.17 Å². The van der Waals surface area contributed by atoms with E-state index in [0.717, 1.165) is 22.7 Å². The maximum atomic E-state index is 2.45. The van der Waals surface area contributed by atoms with Crippen molar-refractivity contribution in [1.82, 2.24) is 4.57 Å². The quantitative estimate of drug-likeness (QED) is 0.152. The fourth-order valence-corrected chi connectivity index (χ4v) is 11.2.